The predicted octanol–water partition coefficient (Wildman–Crippen LogP) is 6.67. The highest BCUT2D eigenvalue weighted by Gasteiger charge is 2.41. The molecule has 7 heteroatoms. The van der Waals surface area contributed by atoms with E-state index in [2.05, 4.69) is 4.98 Å². The summed E-state index contributed by atoms with van der Waals surface area (Å²) in [6.07, 6.45) is 2.24. The number of carboxylic acids is 1. The van der Waals surface area contributed by atoms with E-state index in [0.29, 0.717) is 30.2 Å². The third-order valence-electron chi connectivity index (χ3n) is 6.24. The van der Waals surface area contributed by atoms with Gasteiger partial charge in [-0.2, -0.15) is 0 Å². The molecule has 5 aromatic rings. The van der Waals surface area contributed by atoms with Gasteiger partial charge in [0.25, 0.3) is 0 Å². The van der Waals surface area contributed by atoms with Gasteiger partial charge in [0.15, 0.2) is 0 Å². The molecule has 6 nitrogen and oxygen atoms in total. The van der Waals surface area contributed by atoms with Crippen molar-refractivity contribution >= 4 is 16.9 Å². The number of aliphatic carboxylic acids is 1. The molecule has 0 amide bonds. The van der Waals surface area contributed by atoms with Crippen LogP contribution in [-0.2, 0) is 23.4 Å². The summed E-state index contributed by atoms with van der Waals surface area (Å²) in [5, 5.41) is 10.5. The Morgan fingerprint density at radius 3 is 2.53 bits per heavy atom. The number of carboxylic acid groups (broad SMARTS) is 1. The number of rotatable bonds is 9. The summed E-state index contributed by atoms with van der Waals surface area (Å²) in [6.45, 7) is 1.89. The van der Waals surface area contributed by atoms with E-state index in [1.54, 1.807) is 29.0 Å². The number of aromatic nitrogens is 2. The van der Waals surface area contributed by atoms with Gasteiger partial charge < -0.3 is 18.8 Å². The van der Waals surface area contributed by atoms with Crippen LogP contribution >= 0.6 is 0 Å². The quantitative estimate of drug-likeness (QED) is 0.249. The first-order valence-electron chi connectivity index (χ1n) is 13.7. The van der Waals surface area contributed by atoms with E-state index in [-0.39, 0.29) is 12.1 Å². The Balaban J connectivity index is 0.00000106. The second-order valence-electron chi connectivity index (χ2n) is 8.59. The Kier molecular flexibility index (Phi) is 5.64. The molecule has 2 aromatic heterocycles. The van der Waals surface area contributed by atoms with E-state index in [1.165, 1.54) is 12.1 Å². The standard InChI is InChI=1S/C29H25FN2O4.2H2/c1-20-24(31-27(36-20)21-9-4-2-5-10-21)16-18-35-26-14-8-13-25-23(26)15-17-32(25)19-29(30,28(33)34)22-11-6-3-7-12-22;;/h2-15,17H,16,18-19H2,1H3,(H,33,34);2*1H/i;2*1+1D. The fourth-order valence-electron chi connectivity index (χ4n) is 4.30. The van der Waals surface area contributed by atoms with Crippen molar-refractivity contribution in [1.29, 1.82) is 0 Å². The van der Waals surface area contributed by atoms with Crippen LogP contribution in [0, 0.1) is 6.92 Å². The van der Waals surface area contributed by atoms with Crippen molar-refractivity contribution in [2.45, 2.75) is 25.6 Å². The second kappa shape index (κ2) is 9.70. The average molecular weight is 493 g/mol. The fourth-order valence-corrected chi connectivity index (χ4v) is 4.30. The number of hydrogen-bond donors (Lipinski definition) is 1. The molecule has 2 heterocycles. The van der Waals surface area contributed by atoms with Crippen molar-refractivity contribution in [1.82, 2.24) is 9.55 Å². The van der Waals surface area contributed by atoms with Crippen molar-refractivity contribution in [3.8, 4) is 17.2 Å². The minimum Gasteiger partial charge on any atom is -0.492 e. The van der Waals surface area contributed by atoms with Crippen LogP contribution in [0.5, 0.6) is 5.75 Å². The fraction of sp³-hybridized carbons (Fsp3) is 0.172. The molecule has 1 N–H and O–H groups in total. The van der Waals surface area contributed by atoms with Crippen molar-refractivity contribution in [3.05, 3.63) is 108 Å². The molecule has 0 saturated carbocycles. The second-order valence-corrected chi connectivity index (χ2v) is 8.59. The molecule has 0 radical (unpaired) electrons. The summed E-state index contributed by atoms with van der Waals surface area (Å²) in [6, 6.07) is 25.0. The summed E-state index contributed by atoms with van der Waals surface area (Å²) >= 11 is 0. The van der Waals surface area contributed by atoms with Crippen LogP contribution in [0.1, 0.15) is 23.0 Å². The Labute approximate surface area is 213 Å². The minimum absolute atomic E-state index is 0.101. The summed E-state index contributed by atoms with van der Waals surface area (Å²) < 4.78 is 49.2. The van der Waals surface area contributed by atoms with Gasteiger partial charge in [-0.15, -0.1) is 0 Å². The Hall–Kier alpha value is -4.39. The maximum Gasteiger partial charge on any atom is 0.348 e. The molecule has 0 aliphatic carbocycles. The van der Waals surface area contributed by atoms with Crippen molar-refractivity contribution in [2.24, 2.45) is 0 Å². The zero-order valence-corrected chi connectivity index (χ0v) is 19.7. The van der Waals surface area contributed by atoms with Gasteiger partial charge in [-0.3, -0.25) is 0 Å². The SMILES string of the molecule is Cc1oc(-c2ccccc2)nc1CCOc1cccc2c1ccn2CC(F)(C(=O)O)c1ccccc1.[2H][2H].[2H][2H]. The van der Waals surface area contributed by atoms with Gasteiger partial charge in [-0.1, -0.05) is 54.6 Å². The lowest BCUT2D eigenvalue weighted by molar-refractivity contribution is -0.152. The molecule has 0 fully saturated rings. The van der Waals surface area contributed by atoms with E-state index >= 15 is 4.39 Å². The summed E-state index contributed by atoms with van der Waals surface area (Å²) in [4.78, 5) is 16.5. The number of carbonyl (C=O) groups is 1. The lowest BCUT2D eigenvalue weighted by Gasteiger charge is -2.22. The number of ether oxygens (including phenoxy) is 1. The number of hydrogen-bond acceptors (Lipinski definition) is 4. The summed E-state index contributed by atoms with van der Waals surface area (Å²) in [7, 11) is 0. The van der Waals surface area contributed by atoms with E-state index < -0.39 is 11.6 Å². The van der Waals surface area contributed by atoms with E-state index in [9.17, 15) is 9.90 Å². The molecular formula is C29H29FN2O4. The van der Waals surface area contributed by atoms with Gasteiger partial charge in [0.1, 0.15) is 11.5 Å². The number of alkyl halides is 1. The highest BCUT2D eigenvalue weighted by Crippen LogP contribution is 2.33. The van der Waals surface area contributed by atoms with Crippen molar-refractivity contribution in [2.75, 3.05) is 6.61 Å². The Bertz CT molecular complexity index is 1510. The van der Waals surface area contributed by atoms with Crippen LogP contribution in [0.2, 0.25) is 0 Å². The number of fused-ring (bicyclic) bond motifs is 1. The number of aryl methyl sites for hydroxylation is 1. The van der Waals surface area contributed by atoms with Crippen LogP contribution in [0.15, 0.2) is 95.5 Å². The van der Waals surface area contributed by atoms with E-state index in [4.69, 9.17) is 15.1 Å². The maximum atomic E-state index is 15.7. The van der Waals surface area contributed by atoms with Crippen LogP contribution in [0.3, 0.4) is 0 Å². The largest absolute Gasteiger partial charge is 0.492 e. The van der Waals surface area contributed by atoms with Gasteiger partial charge in [-0.05, 0) is 37.3 Å². The first-order chi connectivity index (χ1) is 19.5. The molecule has 0 aliphatic rings. The monoisotopic (exact) mass is 492 g/mol. The molecule has 1 unspecified atom stereocenters. The number of nitrogens with zero attached hydrogens (tertiary/aromatic N) is 2. The number of oxazole rings is 1. The maximum absolute atomic E-state index is 15.7. The Morgan fingerprint density at radius 2 is 1.81 bits per heavy atom. The van der Waals surface area contributed by atoms with Crippen LogP contribution in [0.4, 0.5) is 4.39 Å². The van der Waals surface area contributed by atoms with Crippen molar-refractivity contribution < 1.29 is 29.4 Å². The smallest absolute Gasteiger partial charge is 0.348 e. The predicted molar refractivity (Wildman–Crippen MR) is 139 cm³/mol. The van der Waals surface area contributed by atoms with E-state index in [0.717, 1.165) is 22.4 Å². The first kappa shape index (κ1) is 20.9. The van der Waals surface area contributed by atoms with Gasteiger partial charge in [0.05, 0.1) is 24.4 Å². The normalized spacial score (nSPS) is 13.4. The van der Waals surface area contributed by atoms with Gasteiger partial charge >= 0.3 is 5.97 Å². The highest BCUT2D eigenvalue weighted by molar-refractivity contribution is 5.87. The molecule has 1 atom stereocenters. The van der Waals surface area contributed by atoms with Gasteiger partial charge in [-0.25, -0.2) is 14.2 Å². The average Bonchev–Trinajstić information content (AvgIpc) is 3.59. The summed E-state index contributed by atoms with van der Waals surface area (Å²) in [5.74, 6) is 0.431. The highest BCUT2D eigenvalue weighted by atomic mass is 19.1. The van der Waals surface area contributed by atoms with Crippen LogP contribution in [-0.4, -0.2) is 27.2 Å². The van der Waals surface area contributed by atoms with Crippen LogP contribution in [0.25, 0.3) is 22.4 Å². The zero-order chi connectivity index (χ0) is 29.1. The third-order valence-corrected chi connectivity index (χ3v) is 6.24. The molecule has 3 aromatic carbocycles. The van der Waals surface area contributed by atoms with Gasteiger partial charge in [0.2, 0.25) is 11.6 Å². The molecule has 0 saturated heterocycles. The van der Waals surface area contributed by atoms with Gasteiger partial charge in [0, 0.05) is 35.1 Å². The minimum atomic E-state index is -2.56. The molecule has 0 bridgehead atoms. The lowest BCUT2D eigenvalue weighted by Crippen LogP contribution is -2.35. The molecule has 186 valence electrons. The molecule has 0 aliphatic heterocycles. The molecule has 36 heavy (non-hydrogen) atoms. The topological polar surface area (TPSA) is 77.5 Å². The van der Waals surface area contributed by atoms with Crippen molar-refractivity contribution in [3.63, 3.8) is 0 Å². The molecular weight excluding hydrogens is 459 g/mol. The Morgan fingerprint density at radius 1 is 1.08 bits per heavy atom. The third kappa shape index (κ3) is 4.47. The molecule has 5 rings (SSSR count). The number of halogens is 1. The first-order valence-corrected chi connectivity index (χ1v) is 11.7. The number of benzene rings is 3. The molecule has 0 spiro atoms. The van der Waals surface area contributed by atoms with Crippen LogP contribution < -0.4 is 4.74 Å². The zero-order valence-electron chi connectivity index (χ0n) is 23.7. The lowest BCUT2D eigenvalue weighted by atomic mass is 9.95. The summed E-state index contributed by atoms with van der Waals surface area (Å²) in [5.41, 5.74) is -0.0320. The van der Waals surface area contributed by atoms with E-state index in [1.807, 2.05) is 61.5 Å².